The second-order valence-corrected chi connectivity index (χ2v) is 6.93. The fourth-order valence-electron chi connectivity index (χ4n) is 3.43. The van der Waals surface area contributed by atoms with E-state index in [-0.39, 0.29) is 36.4 Å². The Balaban J connectivity index is 0.00000243. The molecule has 6 nitrogen and oxygen atoms in total. The average molecular weight is 382 g/mol. The van der Waals surface area contributed by atoms with Crippen molar-refractivity contribution in [3.63, 3.8) is 0 Å². The van der Waals surface area contributed by atoms with Crippen molar-refractivity contribution in [2.45, 2.75) is 38.4 Å². The predicted octanol–water partition coefficient (Wildman–Crippen LogP) is 1.14. The monoisotopic (exact) mass is 381 g/mol. The van der Waals surface area contributed by atoms with Crippen LogP contribution in [-0.4, -0.2) is 66.5 Å². The number of carbonyl (C=O) groups is 2. The summed E-state index contributed by atoms with van der Waals surface area (Å²) in [6, 6.07) is 8.04. The minimum absolute atomic E-state index is 0. The Morgan fingerprint density at radius 3 is 2.27 bits per heavy atom. The second kappa shape index (κ2) is 9.35. The van der Waals surface area contributed by atoms with Crippen molar-refractivity contribution in [3.8, 4) is 0 Å². The Bertz CT molecular complexity index is 615. The van der Waals surface area contributed by atoms with Crippen LogP contribution < -0.4 is 5.73 Å². The van der Waals surface area contributed by atoms with Crippen molar-refractivity contribution >= 4 is 24.2 Å². The van der Waals surface area contributed by atoms with E-state index in [1.54, 1.807) is 0 Å². The fraction of sp³-hybridized carbons (Fsp3) is 0.579. The van der Waals surface area contributed by atoms with Crippen LogP contribution in [0.15, 0.2) is 24.3 Å². The van der Waals surface area contributed by atoms with Crippen LogP contribution >= 0.6 is 12.4 Å². The normalized spacial score (nSPS) is 22.8. The summed E-state index contributed by atoms with van der Waals surface area (Å²) in [5.41, 5.74) is 7.82. The smallest absolute Gasteiger partial charge is 0.251 e. The molecule has 0 saturated carbocycles. The molecule has 2 saturated heterocycles. The highest BCUT2D eigenvalue weighted by Crippen LogP contribution is 2.21. The Morgan fingerprint density at radius 1 is 1.08 bits per heavy atom. The van der Waals surface area contributed by atoms with Crippen molar-refractivity contribution in [1.29, 1.82) is 0 Å². The minimum Gasteiger partial charge on any atom is -0.364 e. The van der Waals surface area contributed by atoms with E-state index >= 15 is 0 Å². The van der Waals surface area contributed by atoms with Crippen LogP contribution in [0.1, 0.15) is 24.0 Å². The highest BCUT2D eigenvalue weighted by Gasteiger charge is 2.34. The molecule has 26 heavy (non-hydrogen) atoms. The Hall–Kier alpha value is -1.63. The van der Waals surface area contributed by atoms with E-state index in [0.29, 0.717) is 39.1 Å². The van der Waals surface area contributed by atoms with Crippen LogP contribution in [0.5, 0.6) is 0 Å². The van der Waals surface area contributed by atoms with Crippen LogP contribution in [-0.2, 0) is 20.7 Å². The summed E-state index contributed by atoms with van der Waals surface area (Å²) in [7, 11) is 0. The molecule has 144 valence electrons. The number of benzene rings is 1. The third-order valence-corrected chi connectivity index (χ3v) is 5.07. The second-order valence-electron chi connectivity index (χ2n) is 6.93. The topological polar surface area (TPSA) is 75.9 Å². The van der Waals surface area contributed by atoms with Gasteiger partial charge in [0.1, 0.15) is 6.10 Å². The third-order valence-electron chi connectivity index (χ3n) is 5.07. The predicted molar refractivity (Wildman–Crippen MR) is 102 cm³/mol. The lowest BCUT2D eigenvalue weighted by Gasteiger charge is -2.36. The first-order valence-corrected chi connectivity index (χ1v) is 9.04. The maximum Gasteiger partial charge on any atom is 0.251 e. The summed E-state index contributed by atoms with van der Waals surface area (Å²) in [4.78, 5) is 28.6. The van der Waals surface area contributed by atoms with Gasteiger partial charge in [0.05, 0.1) is 12.5 Å². The van der Waals surface area contributed by atoms with Crippen molar-refractivity contribution < 1.29 is 14.3 Å². The number of halogens is 1. The zero-order valence-electron chi connectivity index (χ0n) is 15.2. The molecule has 2 aliphatic rings. The van der Waals surface area contributed by atoms with Crippen LogP contribution in [0.2, 0.25) is 0 Å². The molecule has 0 spiro atoms. The molecular weight excluding hydrogens is 354 g/mol. The molecule has 0 bridgehead atoms. The van der Waals surface area contributed by atoms with Gasteiger partial charge < -0.3 is 20.3 Å². The van der Waals surface area contributed by atoms with E-state index < -0.39 is 0 Å². The average Bonchev–Trinajstić information content (AvgIpc) is 3.12. The highest BCUT2D eigenvalue weighted by atomic mass is 35.5. The molecule has 1 aromatic rings. The lowest BCUT2D eigenvalue weighted by molar-refractivity contribution is -0.147. The number of aryl methyl sites for hydroxylation is 1. The molecule has 2 fully saturated rings. The van der Waals surface area contributed by atoms with Gasteiger partial charge in [0.2, 0.25) is 5.91 Å². The van der Waals surface area contributed by atoms with Gasteiger partial charge in [-0.1, -0.05) is 29.8 Å². The molecular formula is C19H28ClN3O3. The fourth-order valence-corrected chi connectivity index (χ4v) is 3.43. The van der Waals surface area contributed by atoms with Gasteiger partial charge >= 0.3 is 0 Å². The zero-order chi connectivity index (χ0) is 17.8. The summed E-state index contributed by atoms with van der Waals surface area (Å²) in [6.45, 7) is 4.82. The molecule has 2 N–H and O–H groups in total. The van der Waals surface area contributed by atoms with E-state index in [4.69, 9.17) is 10.5 Å². The van der Waals surface area contributed by atoms with Gasteiger partial charge in [-0.15, -0.1) is 12.4 Å². The van der Waals surface area contributed by atoms with Gasteiger partial charge in [-0.2, -0.15) is 0 Å². The number of carbonyl (C=O) groups excluding carboxylic acids is 2. The first-order valence-electron chi connectivity index (χ1n) is 9.04. The number of nitrogens with two attached hydrogens (primary N) is 1. The first-order chi connectivity index (χ1) is 12.1. The standard InChI is InChI=1S/C19H27N3O3.ClH/c1-14-2-4-15(5-3-14)12-18(23)21-8-10-22(11-9-21)19(24)17-7-6-16(13-20)25-17;/h2-5,16-17H,6-13,20H2,1H3;1H/t16-,17+;/m1./s1. The van der Waals surface area contributed by atoms with Gasteiger partial charge in [-0.05, 0) is 25.3 Å². The van der Waals surface area contributed by atoms with Gasteiger partial charge in [0, 0.05) is 32.7 Å². The van der Waals surface area contributed by atoms with Crippen LogP contribution in [0.25, 0.3) is 0 Å². The number of ether oxygens (including phenoxy) is 1. The van der Waals surface area contributed by atoms with Crippen molar-refractivity contribution in [3.05, 3.63) is 35.4 Å². The van der Waals surface area contributed by atoms with Gasteiger partial charge in [0.15, 0.2) is 0 Å². The summed E-state index contributed by atoms with van der Waals surface area (Å²) in [5.74, 6) is 0.165. The Morgan fingerprint density at radius 2 is 1.69 bits per heavy atom. The van der Waals surface area contributed by atoms with E-state index in [0.717, 1.165) is 18.4 Å². The molecule has 0 unspecified atom stereocenters. The molecule has 7 heteroatoms. The number of hydrogen-bond acceptors (Lipinski definition) is 4. The molecule has 0 aromatic heterocycles. The van der Waals surface area contributed by atoms with Gasteiger partial charge in [0.25, 0.3) is 5.91 Å². The van der Waals surface area contributed by atoms with Gasteiger partial charge in [-0.25, -0.2) is 0 Å². The van der Waals surface area contributed by atoms with Crippen molar-refractivity contribution in [1.82, 2.24) is 9.80 Å². The minimum atomic E-state index is -0.358. The molecule has 2 amide bonds. The van der Waals surface area contributed by atoms with Crippen molar-refractivity contribution in [2.75, 3.05) is 32.7 Å². The molecule has 2 heterocycles. The SMILES string of the molecule is Cc1ccc(CC(=O)N2CCN(C(=O)[C@@H]3CC[C@H](CN)O3)CC2)cc1.Cl. The van der Waals surface area contributed by atoms with Crippen molar-refractivity contribution in [2.24, 2.45) is 5.73 Å². The maximum atomic E-state index is 12.5. The zero-order valence-corrected chi connectivity index (χ0v) is 16.0. The lowest BCUT2D eigenvalue weighted by atomic mass is 10.1. The molecule has 3 rings (SSSR count). The quantitative estimate of drug-likeness (QED) is 0.848. The number of hydrogen-bond donors (Lipinski definition) is 1. The lowest BCUT2D eigenvalue weighted by Crippen LogP contribution is -2.53. The van der Waals surface area contributed by atoms with Crippen LogP contribution in [0.3, 0.4) is 0 Å². The molecule has 2 atom stereocenters. The summed E-state index contributed by atoms with van der Waals surface area (Å²) < 4.78 is 5.69. The number of nitrogens with zero attached hydrogens (tertiary/aromatic N) is 2. The Labute approximate surface area is 161 Å². The van der Waals surface area contributed by atoms with Crippen LogP contribution in [0, 0.1) is 6.92 Å². The summed E-state index contributed by atoms with van der Waals surface area (Å²) in [5, 5.41) is 0. The van der Waals surface area contributed by atoms with E-state index in [1.165, 1.54) is 5.56 Å². The maximum absolute atomic E-state index is 12.5. The largest absolute Gasteiger partial charge is 0.364 e. The molecule has 0 aliphatic carbocycles. The Kier molecular flexibility index (Phi) is 7.43. The number of rotatable bonds is 4. The number of piperazine rings is 1. The first kappa shape index (κ1) is 20.7. The van der Waals surface area contributed by atoms with Gasteiger partial charge in [-0.3, -0.25) is 9.59 Å². The number of amides is 2. The van der Waals surface area contributed by atoms with E-state index in [2.05, 4.69) is 0 Å². The van der Waals surface area contributed by atoms with E-state index in [9.17, 15) is 9.59 Å². The van der Waals surface area contributed by atoms with Crippen LogP contribution in [0.4, 0.5) is 0 Å². The molecule has 1 aromatic carbocycles. The summed E-state index contributed by atoms with van der Waals surface area (Å²) >= 11 is 0. The molecule has 0 radical (unpaired) electrons. The highest BCUT2D eigenvalue weighted by molar-refractivity contribution is 5.85. The summed E-state index contributed by atoms with van der Waals surface area (Å²) in [6.07, 6.45) is 1.66. The molecule has 2 aliphatic heterocycles. The van der Waals surface area contributed by atoms with E-state index in [1.807, 2.05) is 41.0 Å². The third kappa shape index (κ3) is 4.96.